The van der Waals surface area contributed by atoms with Gasteiger partial charge in [0.2, 0.25) is 0 Å². The summed E-state index contributed by atoms with van der Waals surface area (Å²) in [6, 6.07) is 12.4. The number of benzene rings is 1. The van der Waals surface area contributed by atoms with Crippen molar-refractivity contribution in [3.63, 3.8) is 0 Å². The van der Waals surface area contributed by atoms with E-state index in [1.807, 2.05) is 0 Å². The van der Waals surface area contributed by atoms with Gasteiger partial charge < -0.3 is 20.4 Å². The lowest BCUT2D eigenvalue weighted by atomic mass is 9.49. The van der Waals surface area contributed by atoms with Crippen LogP contribution in [0.4, 0.5) is 0 Å². The standard InChI is InChI=1S/C37H59N7/c1-4-9-31-24-43(36(39)44(31)25-37-19-28-15-29(20-37)17-30(16-28)21-37)34(18-27-10-6-5-7-11-27)41-13-8-12-32(41)23-42-33(14-26(2)3)22-40-35(42)38/h5-7,10-11,26,28-34,39H,4,8-9,12-25H2,1-3H3,(H2,38,40)/t28?,29?,30?,31-,32+,33-,34-,37?/m1/s1. The predicted octanol–water partition coefficient (Wildman–Crippen LogP) is 6.00. The summed E-state index contributed by atoms with van der Waals surface area (Å²) in [7, 11) is 0. The molecule has 0 spiro atoms. The van der Waals surface area contributed by atoms with E-state index in [4.69, 9.17) is 10.7 Å². The van der Waals surface area contributed by atoms with Gasteiger partial charge in [-0.15, -0.1) is 0 Å². The van der Waals surface area contributed by atoms with E-state index in [0.717, 1.165) is 75.2 Å². The number of nitrogens with one attached hydrogen (secondary N) is 1. The van der Waals surface area contributed by atoms with E-state index in [-0.39, 0.29) is 6.17 Å². The highest BCUT2D eigenvalue weighted by atomic mass is 15.5. The lowest BCUT2D eigenvalue weighted by molar-refractivity contribution is -0.0638. The second kappa shape index (κ2) is 12.5. The molecule has 0 unspecified atom stereocenters. The largest absolute Gasteiger partial charge is 0.370 e. The third kappa shape index (κ3) is 5.99. The zero-order valence-corrected chi connectivity index (χ0v) is 27.8. The molecule has 3 N–H and O–H groups in total. The lowest BCUT2D eigenvalue weighted by Crippen LogP contribution is -2.57. The summed E-state index contributed by atoms with van der Waals surface area (Å²) in [6.07, 6.45) is 15.8. The molecule has 0 radical (unpaired) electrons. The van der Waals surface area contributed by atoms with Crippen LogP contribution in [0.3, 0.4) is 0 Å². The summed E-state index contributed by atoms with van der Waals surface area (Å²) in [5, 5.41) is 9.85. The van der Waals surface area contributed by atoms with Crippen LogP contribution in [0.2, 0.25) is 0 Å². The smallest absolute Gasteiger partial charge is 0.195 e. The summed E-state index contributed by atoms with van der Waals surface area (Å²) < 4.78 is 0. The summed E-state index contributed by atoms with van der Waals surface area (Å²) in [5.41, 5.74) is 8.36. The minimum absolute atomic E-state index is 0.197. The maximum Gasteiger partial charge on any atom is 0.195 e. The van der Waals surface area contributed by atoms with E-state index in [1.54, 1.807) is 0 Å². The number of aliphatic imine (C=N–C) groups is 1. The average Bonchev–Trinajstić information content (AvgIpc) is 3.66. The van der Waals surface area contributed by atoms with Crippen molar-refractivity contribution in [2.24, 2.45) is 39.8 Å². The van der Waals surface area contributed by atoms with Gasteiger partial charge in [-0.1, -0.05) is 57.5 Å². The Bertz CT molecular complexity index is 1140. The van der Waals surface area contributed by atoms with Crippen molar-refractivity contribution in [1.29, 1.82) is 5.41 Å². The zero-order chi connectivity index (χ0) is 30.4. The molecule has 44 heavy (non-hydrogen) atoms. The monoisotopic (exact) mass is 601 g/mol. The highest BCUT2D eigenvalue weighted by Crippen LogP contribution is 2.60. The normalized spacial score (nSPS) is 35.9. The molecule has 7 nitrogen and oxygen atoms in total. The van der Waals surface area contributed by atoms with Crippen molar-refractivity contribution in [1.82, 2.24) is 19.6 Å². The Kier molecular flexibility index (Phi) is 8.62. The summed E-state index contributed by atoms with van der Waals surface area (Å²) >= 11 is 0. The molecule has 6 fully saturated rings. The van der Waals surface area contributed by atoms with Crippen molar-refractivity contribution in [2.75, 3.05) is 32.7 Å². The van der Waals surface area contributed by atoms with Gasteiger partial charge in [0.25, 0.3) is 0 Å². The third-order valence-electron chi connectivity index (χ3n) is 12.5. The number of nitrogens with two attached hydrogens (primary N) is 1. The van der Waals surface area contributed by atoms with Crippen molar-refractivity contribution in [2.45, 2.75) is 122 Å². The number of nitrogens with zero attached hydrogens (tertiary/aromatic N) is 5. The molecule has 4 aliphatic carbocycles. The fourth-order valence-electron chi connectivity index (χ4n) is 11.1. The molecule has 3 heterocycles. The van der Waals surface area contributed by atoms with Crippen molar-refractivity contribution in [3.05, 3.63) is 35.9 Å². The molecule has 7 aliphatic rings. The molecule has 7 heteroatoms. The van der Waals surface area contributed by atoms with E-state index in [1.165, 1.54) is 69.8 Å². The number of likely N-dealkylation sites (tertiary alicyclic amines) is 1. The molecular weight excluding hydrogens is 542 g/mol. The van der Waals surface area contributed by atoms with E-state index < -0.39 is 0 Å². The van der Waals surface area contributed by atoms with Gasteiger partial charge in [0, 0.05) is 44.7 Å². The van der Waals surface area contributed by atoms with Gasteiger partial charge in [-0.05, 0) is 98.9 Å². The Labute approximate surface area is 267 Å². The Morgan fingerprint density at radius 1 is 0.977 bits per heavy atom. The summed E-state index contributed by atoms with van der Waals surface area (Å²) in [4.78, 5) is 15.1. The molecule has 1 aromatic carbocycles. The Morgan fingerprint density at radius 2 is 1.68 bits per heavy atom. The maximum absolute atomic E-state index is 9.85. The Morgan fingerprint density at radius 3 is 2.34 bits per heavy atom. The van der Waals surface area contributed by atoms with Gasteiger partial charge in [0.1, 0.15) is 0 Å². The van der Waals surface area contributed by atoms with Gasteiger partial charge in [-0.2, -0.15) is 0 Å². The molecule has 2 saturated heterocycles. The zero-order valence-electron chi connectivity index (χ0n) is 27.8. The average molecular weight is 602 g/mol. The fourth-order valence-corrected chi connectivity index (χ4v) is 11.1. The number of guanidine groups is 2. The van der Waals surface area contributed by atoms with Crippen LogP contribution >= 0.6 is 0 Å². The topological polar surface area (TPSA) is 75.2 Å². The molecule has 3 aliphatic heterocycles. The van der Waals surface area contributed by atoms with Crippen molar-refractivity contribution >= 4 is 11.9 Å². The first kappa shape index (κ1) is 30.4. The first-order valence-electron chi connectivity index (χ1n) is 18.3. The SMILES string of the molecule is CCC[C@@H]1CN([C@H](Cc2ccccc2)N2CCC[C@H]2CN2C(N)=NC[C@H]2CC(C)C)C(=N)N1CC12CC3CC(CC(C3)C1)C2. The van der Waals surface area contributed by atoms with Gasteiger partial charge in [0.15, 0.2) is 11.9 Å². The second-order valence-electron chi connectivity index (χ2n) is 16.3. The second-order valence-corrected chi connectivity index (χ2v) is 16.3. The highest BCUT2D eigenvalue weighted by molar-refractivity contribution is 5.80. The summed E-state index contributed by atoms with van der Waals surface area (Å²) in [5.74, 6) is 5.05. The van der Waals surface area contributed by atoms with Crippen LogP contribution in [0.1, 0.15) is 97.0 Å². The molecular formula is C37H59N7. The molecule has 0 amide bonds. The molecule has 4 atom stereocenters. The highest BCUT2D eigenvalue weighted by Gasteiger charge is 2.53. The van der Waals surface area contributed by atoms with Crippen LogP contribution < -0.4 is 5.73 Å². The number of rotatable bonds is 12. The summed E-state index contributed by atoms with van der Waals surface area (Å²) in [6.45, 7) is 11.9. The van der Waals surface area contributed by atoms with E-state index >= 15 is 0 Å². The van der Waals surface area contributed by atoms with Crippen LogP contribution in [0.15, 0.2) is 35.3 Å². The molecule has 4 bridgehead atoms. The number of hydrogen-bond donors (Lipinski definition) is 2. The first-order valence-corrected chi connectivity index (χ1v) is 18.3. The van der Waals surface area contributed by atoms with Crippen molar-refractivity contribution < 1.29 is 0 Å². The van der Waals surface area contributed by atoms with E-state index in [9.17, 15) is 5.41 Å². The minimum atomic E-state index is 0.197. The van der Waals surface area contributed by atoms with Gasteiger partial charge >= 0.3 is 0 Å². The molecule has 4 saturated carbocycles. The van der Waals surface area contributed by atoms with E-state index in [2.05, 4.69) is 70.7 Å². The molecule has 242 valence electrons. The van der Waals surface area contributed by atoms with Crippen LogP contribution in [0, 0.1) is 34.5 Å². The van der Waals surface area contributed by atoms with Gasteiger partial charge in [0.05, 0.1) is 18.8 Å². The van der Waals surface area contributed by atoms with E-state index in [0.29, 0.717) is 29.5 Å². The quantitative estimate of drug-likeness (QED) is 0.307. The van der Waals surface area contributed by atoms with Crippen molar-refractivity contribution in [3.8, 4) is 0 Å². The Balaban J connectivity index is 1.14. The maximum atomic E-state index is 9.85. The molecule has 1 aromatic rings. The van der Waals surface area contributed by atoms with Crippen LogP contribution in [0.5, 0.6) is 0 Å². The molecule has 0 aromatic heterocycles. The first-order chi connectivity index (χ1) is 21.3. The predicted molar refractivity (Wildman–Crippen MR) is 181 cm³/mol. The lowest BCUT2D eigenvalue weighted by Gasteiger charge is -2.58. The third-order valence-corrected chi connectivity index (χ3v) is 12.5. The van der Waals surface area contributed by atoms with Gasteiger partial charge in [-0.3, -0.25) is 15.3 Å². The minimum Gasteiger partial charge on any atom is -0.370 e. The molecule has 8 rings (SSSR count). The number of hydrogen-bond acceptors (Lipinski definition) is 5. The fraction of sp³-hybridized carbons (Fsp3) is 0.784. The van der Waals surface area contributed by atoms with Crippen LogP contribution in [0.25, 0.3) is 0 Å². The van der Waals surface area contributed by atoms with Crippen LogP contribution in [-0.4, -0.2) is 88.5 Å². The van der Waals surface area contributed by atoms with Gasteiger partial charge in [-0.25, -0.2) is 0 Å². The Hall–Kier alpha value is -2.28. The van der Waals surface area contributed by atoms with Crippen LogP contribution in [-0.2, 0) is 6.42 Å².